The Hall–Kier alpha value is -2.73. The van der Waals surface area contributed by atoms with Crippen molar-refractivity contribution in [2.45, 2.75) is 0 Å². The second-order valence-electron chi connectivity index (χ2n) is 4.57. The van der Waals surface area contributed by atoms with Crippen LogP contribution in [0.4, 0.5) is 11.4 Å². The molecular formula is C16H13N3O2S. The smallest absolute Gasteiger partial charge is 0.261 e. The highest BCUT2D eigenvalue weighted by molar-refractivity contribution is 7.95. The maximum atomic E-state index is 12.4. The molecule has 0 saturated carbocycles. The highest BCUT2D eigenvalue weighted by Gasteiger charge is 2.22. The zero-order valence-electron chi connectivity index (χ0n) is 11.6. The highest BCUT2D eigenvalue weighted by Crippen LogP contribution is 2.30. The van der Waals surface area contributed by atoms with Crippen LogP contribution < -0.4 is 4.31 Å². The van der Waals surface area contributed by atoms with Gasteiger partial charge in [-0.3, -0.25) is 9.97 Å². The molecule has 0 fully saturated rings. The van der Waals surface area contributed by atoms with Gasteiger partial charge in [0, 0.05) is 23.2 Å². The Bertz CT molecular complexity index is 924. The van der Waals surface area contributed by atoms with E-state index in [-0.39, 0.29) is 0 Å². The largest absolute Gasteiger partial charge is 0.265 e. The minimum atomic E-state index is -3.71. The predicted octanol–water partition coefficient (Wildman–Crippen LogP) is 3.24. The molecule has 3 rings (SSSR count). The Morgan fingerprint density at radius 2 is 1.77 bits per heavy atom. The van der Waals surface area contributed by atoms with Gasteiger partial charge in [0.1, 0.15) is 0 Å². The Morgan fingerprint density at radius 1 is 1.05 bits per heavy atom. The van der Waals surface area contributed by atoms with E-state index >= 15 is 0 Å². The summed E-state index contributed by atoms with van der Waals surface area (Å²) in [5.74, 6) is 0. The number of benzene rings is 1. The number of sulfonamides is 1. The first-order valence-electron chi connectivity index (χ1n) is 6.54. The van der Waals surface area contributed by atoms with Gasteiger partial charge in [0.05, 0.1) is 23.1 Å². The molecule has 110 valence electrons. The molecule has 0 aliphatic heterocycles. The number of aromatic nitrogens is 2. The van der Waals surface area contributed by atoms with Crippen LogP contribution in [-0.4, -0.2) is 18.4 Å². The van der Waals surface area contributed by atoms with Crippen molar-refractivity contribution in [2.24, 2.45) is 0 Å². The van der Waals surface area contributed by atoms with Crippen molar-refractivity contribution in [3.8, 4) is 0 Å². The van der Waals surface area contributed by atoms with Crippen molar-refractivity contribution in [3.05, 3.63) is 73.0 Å². The summed E-state index contributed by atoms with van der Waals surface area (Å²) in [6.07, 6.45) is 4.61. The topological polar surface area (TPSA) is 63.2 Å². The molecule has 22 heavy (non-hydrogen) atoms. The molecule has 3 aromatic rings. The van der Waals surface area contributed by atoms with Gasteiger partial charge in [-0.05, 0) is 24.3 Å². The Morgan fingerprint density at radius 3 is 2.50 bits per heavy atom. The van der Waals surface area contributed by atoms with E-state index in [1.807, 2.05) is 24.3 Å². The lowest BCUT2D eigenvalue weighted by molar-refractivity contribution is 0.605. The van der Waals surface area contributed by atoms with Crippen molar-refractivity contribution < 1.29 is 8.42 Å². The van der Waals surface area contributed by atoms with Crippen LogP contribution in [0.15, 0.2) is 73.0 Å². The van der Waals surface area contributed by atoms with E-state index in [1.54, 1.807) is 18.2 Å². The van der Waals surface area contributed by atoms with Crippen molar-refractivity contribution in [1.82, 2.24) is 9.97 Å². The third-order valence-corrected chi connectivity index (χ3v) is 4.52. The van der Waals surface area contributed by atoms with E-state index in [2.05, 4.69) is 16.5 Å². The standard InChI is InChI=1S/C16H13N3O2S/c1-2-22(20,21)19(14-7-9-17-10-8-14)15-11-13-5-3-4-6-16(13)18-12-15/h2-12H,1H2. The van der Waals surface area contributed by atoms with Crippen molar-refractivity contribution in [1.29, 1.82) is 0 Å². The lowest BCUT2D eigenvalue weighted by Gasteiger charge is -2.22. The van der Waals surface area contributed by atoms with Gasteiger partial charge in [-0.15, -0.1) is 0 Å². The number of fused-ring (bicyclic) bond motifs is 1. The first-order chi connectivity index (χ1) is 10.6. The van der Waals surface area contributed by atoms with Crippen LogP contribution in [0.25, 0.3) is 10.9 Å². The van der Waals surface area contributed by atoms with Crippen LogP contribution in [0.3, 0.4) is 0 Å². The number of hydrogen-bond donors (Lipinski definition) is 0. The van der Waals surface area contributed by atoms with Crippen molar-refractivity contribution in [3.63, 3.8) is 0 Å². The lowest BCUT2D eigenvalue weighted by Crippen LogP contribution is -2.23. The first kappa shape index (κ1) is 14.2. The monoisotopic (exact) mass is 311 g/mol. The molecule has 5 nitrogen and oxygen atoms in total. The van der Waals surface area contributed by atoms with Gasteiger partial charge >= 0.3 is 0 Å². The molecule has 0 atom stereocenters. The zero-order chi connectivity index (χ0) is 15.6. The average molecular weight is 311 g/mol. The summed E-state index contributed by atoms with van der Waals surface area (Å²) in [5, 5.41) is 1.78. The SMILES string of the molecule is C=CS(=O)(=O)N(c1ccncc1)c1cnc2ccccc2c1. The third-order valence-electron chi connectivity index (χ3n) is 3.17. The van der Waals surface area contributed by atoms with E-state index in [1.165, 1.54) is 22.9 Å². The van der Waals surface area contributed by atoms with Gasteiger partial charge in [0.2, 0.25) is 0 Å². The molecule has 0 aliphatic rings. The molecule has 0 saturated heterocycles. The summed E-state index contributed by atoms with van der Waals surface area (Å²) in [7, 11) is -3.71. The van der Waals surface area contributed by atoms with Gasteiger partial charge in [0.25, 0.3) is 10.0 Å². The maximum Gasteiger partial charge on any atom is 0.261 e. The Kier molecular flexibility index (Phi) is 3.60. The van der Waals surface area contributed by atoms with Gasteiger partial charge < -0.3 is 0 Å². The molecule has 0 amide bonds. The molecular weight excluding hydrogens is 298 g/mol. The van der Waals surface area contributed by atoms with Crippen LogP contribution in [0.2, 0.25) is 0 Å². The molecule has 0 N–H and O–H groups in total. The van der Waals surface area contributed by atoms with Crippen LogP contribution in [0.1, 0.15) is 0 Å². The van der Waals surface area contributed by atoms with E-state index < -0.39 is 10.0 Å². The number of anilines is 2. The van der Waals surface area contributed by atoms with Crippen molar-refractivity contribution >= 4 is 32.3 Å². The average Bonchev–Trinajstić information content (AvgIpc) is 2.56. The molecule has 0 aliphatic carbocycles. The molecule has 2 aromatic heterocycles. The number of pyridine rings is 2. The number of hydrogen-bond acceptors (Lipinski definition) is 4. The minimum Gasteiger partial charge on any atom is -0.265 e. The summed E-state index contributed by atoms with van der Waals surface area (Å²) in [6.45, 7) is 3.40. The van der Waals surface area contributed by atoms with E-state index in [4.69, 9.17) is 0 Å². The molecule has 6 heteroatoms. The van der Waals surface area contributed by atoms with Crippen molar-refractivity contribution in [2.75, 3.05) is 4.31 Å². The van der Waals surface area contributed by atoms with Crippen LogP contribution >= 0.6 is 0 Å². The molecule has 2 heterocycles. The fourth-order valence-electron chi connectivity index (χ4n) is 2.17. The first-order valence-corrected chi connectivity index (χ1v) is 8.05. The van der Waals surface area contributed by atoms with Crippen LogP contribution in [0, 0.1) is 0 Å². The summed E-state index contributed by atoms with van der Waals surface area (Å²) in [4.78, 5) is 8.24. The molecule has 0 radical (unpaired) electrons. The van der Waals surface area contributed by atoms with Gasteiger partial charge in [-0.1, -0.05) is 24.8 Å². The fraction of sp³-hybridized carbons (Fsp3) is 0. The maximum absolute atomic E-state index is 12.4. The highest BCUT2D eigenvalue weighted by atomic mass is 32.2. The quantitative estimate of drug-likeness (QED) is 0.742. The van der Waals surface area contributed by atoms with E-state index in [9.17, 15) is 8.42 Å². The Balaban J connectivity index is 2.22. The minimum absolute atomic E-state index is 0.449. The summed E-state index contributed by atoms with van der Waals surface area (Å²) in [6, 6.07) is 12.5. The van der Waals surface area contributed by atoms with Crippen LogP contribution in [-0.2, 0) is 10.0 Å². The summed E-state index contributed by atoms with van der Waals surface area (Å²) < 4.78 is 26.0. The molecule has 0 unspecified atom stereocenters. The lowest BCUT2D eigenvalue weighted by atomic mass is 10.2. The van der Waals surface area contributed by atoms with E-state index in [0.29, 0.717) is 11.4 Å². The van der Waals surface area contributed by atoms with Gasteiger partial charge in [0.15, 0.2) is 0 Å². The molecule has 0 spiro atoms. The Labute approximate surface area is 128 Å². The normalized spacial score (nSPS) is 11.3. The van der Waals surface area contributed by atoms with E-state index in [0.717, 1.165) is 16.3 Å². The molecule has 1 aromatic carbocycles. The molecule has 0 bridgehead atoms. The number of rotatable bonds is 4. The number of nitrogens with zero attached hydrogens (tertiary/aromatic N) is 3. The summed E-state index contributed by atoms with van der Waals surface area (Å²) >= 11 is 0. The van der Waals surface area contributed by atoms with Gasteiger partial charge in [-0.25, -0.2) is 12.7 Å². The fourth-order valence-corrected chi connectivity index (χ4v) is 3.13. The predicted molar refractivity (Wildman–Crippen MR) is 87.2 cm³/mol. The third kappa shape index (κ3) is 2.56. The second-order valence-corrected chi connectivity index (χ2v) is 6.30. The second kappa shape index (κ2) is 5.57. The summed E-state index contributed by atoms with van der Waals surface area (Å²) in [5.41, 5.74) is 1.73. The van der Waals surface area contributed by atoms with Gasteiger partial charge in [-0.2, -0.15) is 0 Å². The zero-order valence-corrected chi connectivity index (χ0v) is 12.4. The van der Waals surface area contributed by atoms with Crippen LogP contribution in [0.5, 0.6) is 0 Å². The number of para-hydroxylation sites is 1.